The molecule has 0 aliphatic heterocycles. The van der Waals surface area contributed by atoms with E-state index in [1.807, 2.05) is 0 Å². The number of hydrogen-bond donors (Lipinski definition) is 2. The summed E-state index contributed by atoms with van der Waals surface area (Å²) < 4.78 is 36.6. The van der Waals surface area contributed by atoms with E-state index < -0.39 is 11.8 Å². The van der Waals surface area contributed by atoms with Crippen LogP contribution in [0.15, 0.2) is 12.3 Å². The van der Waals surface area contributed by atoms with Gasteiger partial charge in [0.2, 0.25) is 0 Å². The molecule has 14 heavy (non-hydrogen) atoms. The van der Waals surface area contributed by atoms with Crippen molar-refractivity contribution in [2.24, 2.45) is 0 Å². The van der Waals surface area contributed by atoms with Crippen LogP contribution in [-0.4, -0.2) is 27.1 Å². The first-order valence-electron chi connectivity index (χ1n) is 4.10. The summed E-state index contributed by atoms with van der Waals surface area (Å²) in [5.74, 6) is 0. The summed E-state index contributed by atoms with van der Waals surface area (Å²) in [5.41, 5.74) is -2.06. The molecular formula is C8H11F3N2O. The molecule has 80 valence electrons. The Morgan fingerprint density at radius 3 is 2.57 bits per heavy atom. The van der Waals surface area contributed by atoms with Crippen molar-refractivity contribution in [2.45, 2.75) is 31.5 Å². The Labute approximate surface area is 78.9 Å². The normalized spacial score (nSPS) is 16.6. The first-order valence-corrected chi connectivity index (χ1v) is 4.10. The molecule has 1 atom stereocenters. The molecule has 0 radical (unpaired) electrons. The maximum Gasteiger partial charge on any atom is 0.416 e. The minimum absolute atomic E-state index is 0.118. The lowest BCUT2D eigenvalue weighted by Gasteiger charge is -2.25. The molecule has 1 heterocycles. The summed E-state index contributed by atoms with van der Waals surface area (Å²) in [5, 5.41) is 15.2. The molecule has 0 aromatic carbocycles. The third-order valence-electron chi connectivity index (χ3n) is 2.05. The molecule has 0 fully saturated rings. The molecule has 1 aromatic heterocycles. The van der Waals surface area contributed by atoms with Crippen LogP contribution in [0.25, 0.3) is 0 Å². The molecule has 0 spiro atoms. The number of aromatic nitrogens is 2. The Bertz CT molecular complexity index is 279. The first kappa shape index (κ1) is 11.0. The molecular weight excluding hydrogens is 197 g/mol. The zero-order valence-electron chi connectivity index (χ0n) is 7.60. The molecule has 1 unspecified atom stereocenters. The maximum atomic E-state index is 12.2. The van der Waals surface area contributed by atoms with Crippen LogP contribution in [0, 0.1) is 0 Å². The van der Waals surface area contributed by atoms with Gasteiger partial charge in [-0.15, -0.1) is 0 Å². The highest BCUT2D eigenvalue weighted by Crippen LogP contribution is 2.33. The number of nitrogens with one attached hydrogen (secondary N) is 1. The van der Waals surface area contributed by atoms with Gasteiger partial charge in [0, 0.05) is 11.9 Å². The highest BCUT2D eigenvalue weighted by molar-refractivity contribution is 4.99. The predicted molar refractivity (Wildman–Crippen MR) is 43.6 cm³/mol. The number of aromatic amines is 1. The highest BCUT2D eigenvalue weighted by atomic mass is 19.4. The lowest BCUT2D eigenvalue weighted by Crippen LogP contribution is -2.42. The predicted octanol–water partition coefficient (Wildman–Crippen LogP) is 1.66. The second kappa shape index (κ2) is 3.61. The second-order valence-corrected chi connectivity index (χ2v) is 3.35. The van der Waals surface area contributed by atoms with Gasteiger partial charge in [-0.25, -0.2) is 0 Å². The van der Waals surface area contributed by atoms with Gasteiger partial charge in [0.25, 0.3) is 0 Å². The maximum absolute atomic E-state index is 12.2. The lowest BCUT2D eigenvalue weighted by atomic mass is 9.98. The Morgan fingerprint density at radius 2 is 2.14 bits per heavy atom. The molecule has 0 saturated carbocycles. The molecule has 0 amide bonds. The summed E-state index contributed by atoms with van der Waals surface area (Å²) in [6.07, 6.45) is -3.39. The third kappa shape index (κ3) is 2.47. The van der Waals surface area contributed by atoms with E-state index in [4.69, 9.17) is 5.11 Å². The van der Waals surface area contributed by atoms with E-state index in [-0.39, 0.29) is 12.8 Å². The number of aliphatic hydroxyl groups is 1. The van der Waals surface area contributed by atoms with E-state index in [1.54, 1.807) is 6.07 Å². The fraction of sp³-hybridized carbons (Fsp3) is 0.625. The summed E-state index contributed by atoms with van der Waals surface area (Å²) in [7, 11) is 0. The molecule has 1 aromatic rings. The quantitative estimate of drug-likeness (QED) is 0.793. The van der Waals surface area contributed by atoms with Crippen LogP contribution in [0.2, 0.25) is 0 Å². The molecule has 0 aliphatic rings. The third-order valence-corrected chi connectivity index (χ3v) is 2.05. The zero-order chi connectivity index (χ0) is 10.8. The Balaban J connectivity index is 2.53. The largest absolute Gasteiger partial charge is 0.416 e. The van der Waals surface area contributed by atoms with Crippen molar-refractivity contribution < 1.29 is 18.3 Å². The van der Waals surface area contributed by atoms with Gasteiger partial charge in [0.05, 0.1) is 0 Å². The van der Waals surface area contributed by atoms with Gasteiger partial charge < -0.3 is 5.11 Å². The number of hydrogen-bond acceptors (Lipinski definition) is 2. The van der Waals surface area contributed by atoms with Crippen LogP contribution in [-0.2, 0) is 6.42 Å². The van der Waals surface area contributed by atoms with Crippen molar-refractivity contribution in [3.05, 3.63) is 18.0 Å². The average molecular weight is 208 g/mol. The molecule has 1 rings (SSSR count). The number of halogens is 3. The summed E-state index contributed by atoms with van der Waals surface area (Å²) in [6.45, 7) is 0.767. The first-order chi connectivity index (χ1) is 6.33. The standard InChI is InChI=1S/C8H11F3N2O/c1-7(14,8(9,10)11)4-2-6-3-5-12-13-6/h3,5,14H,2,4H2,1H3,(H,12,13). The Morgan fingerprint density at radius 1 is 1.50 bits per heavy atom. The fourth-order valence-electron chi connectivity index (χ4n) is 0.944. The summed E-state index contributed by atoms with van der Waals surface area (Å²) >= 11 is 0. The molecule has 0 aliphatic carbocycles. The number of alkyl halides is 3. The van der Waals surface area contributed by atoms with Crippen LogP contribution < -0.4 is 0 Å². The van der Waals surface area contributed by atoms with E-state index in [1.165, 1.54) is 6.20 Å². The van der Waals surface area contributed by atoms with Crippen LogP contribution >= 0.6 is 0 Å². The monoisotopic (exact) mass is 208 g/mol. The minimum atomic E-state index is -4.59. The van der Waals surface area contributed by atoms with Crippen molar-refractivity contribution in [2.75, 3.05) is 0 Å². The van der Waals surface area contributed by atoms with E-state index in [2.05, 4.69) is 10.2 Å². The van der Waals surface area contributed by atoms with Gasteiger partial charge >= 0.3 is 6.18 Å². The van der Waals surface area contributed by atoms with Crippen molar-refractivity contribution in [1.29, 1.82) is 0 Å². The number of nitrogens with zero attached hydrogens (tertiary/aromatic N) is 1. The van der Waals surface area contributed by atoms with Crippen molar-refractivity contribution in [3.8, 4) is 0 Å². The Hall–Kier alpha value is -1.04. The van der Waals surface area contributed by atoms with Gasteiger partial charge in [-0.2, -0.15) is 18.3 Å². The zero-order valence-corrected chi connectivity index (χ0v) is 7.60. The topological polar surface area (TPSA) is 48.9 Å². The van der Waals surface area contributed by atoms with Crippen LogP contribution in [0.3, 0.4) is 0 Å². The van der Waals surface area contributed by atoms with Crippen LogP contribution in [0.4, 0.5) is 13.2 Å². The van der Waals surface area contributed by atoms with Crippen LogP contribution in [0.1, 0.15) is 19.0 Å². The minimum Gasteiger partial charge on any atom is -0.381 e. The molecule has 0 saturated heterocycles. The fourth-order valence-corrected chi connectivity index (χ4v) is 0.944. The van der Waals surface area contributed by atoms with Gasteiger partial charge in [-0.3, -0.25) is 5.10 Å². The van der Waals surface area contributed by atoms with Gasteiger partial charge in [0.1, 0.15) is 0 Å². The summed E-state index contributed by atoms with van der Waals surface area (Å²) in [4.78, 5) is 0. The summed E-state index contributed by atoms with van der Waals surface area (Å²) in [6, 6.07) is 1.58. The van der Waals surface area contributed by atoms with Crippen molar-refractivity contribution >= 4 is 0 Å². The van der Waals surface area contributed by atoms with Crippen molar-refractivity contribution in [1.82, 2.24) is 10.2 Å². The van der Waals surface area contributed by atoms with E-state index in [0.717, 1.165) is 6.92 Å². The number of H-pyrrole nitrogens is 1. The Kier molecular flexibility index (Phi) is 2.84. The van der Waals surface area contributed by atoms with E-state index in [9.17, 15) is 13.2 Å². The van der Waals surface area contributed by atoms with E-state index >= 15 is 0 Å². The van der Waals surface area contributed by atoms with Gasteiger partial charge in [-0.05, 0) is 25.8 Å². The SMILES string of the molecule is CC(O)(CCc1ccn[nH]1)C(F)(F)F. The van der Waals surface area contributed by atoms with E-state index in [0.29, 0.717) is 5.69 Å². The van der Waals surface area contributed by atoms with Gasteiger partial charge in [0.15, 0.2) is 5.60 Å². The smallest absolute Gasteiger partial charge is 0.381 e. The number of aryl methyl sites for hydroxylation is 1. The van der Waals surface area contributed by atoms with Gasteiger partial charge in [-0.1, -0.05) is 0 Å². The average Bonchev–Trinajstić information content (AvgIpc) is 2.50. The lowest BCUT2D eigenvalue weighted by molar-refractivity contribution is -0.254. The molecule has 6 heteroatoms. The molecule has 3 nitrogen and oxygen atoms in total. The second-order valence-electron chi connectivity index (χ2n) is 3.35. The van der Waals surface area contributed by atoms with Crippen molar-refractivity contribution in [3.63, 3.8) is 0 Å². The molecule has 2 N–H and O–H groups in total. The number of rotatable bonds is 3. The highest BCUT2D eigenvalue weighted by Gasteiger charge is 2.49. The molecule has 0 bridgehead atoms. The van der Waals surface area contributed by atoms with Crippen LogP contribution in [0.5, 0.6) is 0 Å².